The maximum absolute atomic E-state index is 13.1. The van der Waals surface area contributed by atoms with Crippen LogP contribution in [-0.2, 0) is 11.3 Å². The number of nitrogens with one attached hydrogen (secondary N) is 1. The van der Waals surface area contributed by atoms with E-state index in [2.05, 4.69) is 5.32 Å². The third-order valence-electron chi connectivity index (χ3n) is 4.91. The molecule has 3 amide bonds. The summed E-state index contributed by atoms with van der Waals surface area (Å²) in [5.74, 6) is -0.503. The molecule has 0 saturated carbocycles. The lowest BCUT2D eigenvalue weighted by Gasteiger charge is -2.34. The number of nitrogens with zero attached hydrogens (tertiary/aromatic N) is 2. The number of amides is 3. The molecule has 1 saturated heterocycles. The Morgan fingerprint density at radius 3 is 2.59 bits per heavy atom. The van der Waals surface area contributed by atoms with Gasteiger partial charge in [-0.1, -0.05) is 35.3 Å². The van der Waals surface area contributed by atoms with Crippen LogP contribution in [0.4, 0.5) is 14.9 Å². The maximum atomic E-state index is 13.1. The zero-order chi connectivity index (χ0) is 21.0. The topological polar surface area (TPSA) is 52.7 Å². The Hall–Kier alpha value is -2.31. The number of carbonyl (C=O) groups excluding carboxylic acids is 2. The maximum Gasteiger partial charge on any atom is 0.318 e. The number of hydrogen-bond donors (Lipinski definition) is 1. The fraction of sp³-hybridized carbons (Fsp3) is 0.333. The van der Waals surface area contributed by atoms with E-state index in [0.717, 1.165) is 12.0 Å². The molecule has 2 aromatic rings. The Bertz CT molecular complexity index is 892. The lowest BCUT2D eigenvalue weighted by atomic mass is 10.0. The first-order valence-electron chi connectivity index (χ1n) is 9.45. The standard InChI is InChI=1S/C21H22Cl2FN3O2/c1-2-26(13-14-5-7-15(24)8-6-14)21(29)25-19-4-3-11-27(20(19)28)16-9-10-17(22)18(23)12-16/h5-10,12,19H,2-4,11,13H2,1H3,(H,25,29). The molecule has 1 fully saturated rings. The van der Waals surface area contributed by atoms with Gasteiger partial charge in [-0.25, -0.2) is 9.18 Å². The van der Waals surface area contributed by atoms with E-state index in [9.17, 15) is 14.0 Å². The zero-order valence-electron chi connectivity index (χ0n) is 16.0. The van der Waals surface area contributed by atoms with Crippen molar-refractivity contribution in [2.45, 2.75) is 32.4 Å². The van der Waals surface area contributed by atoms with E-state index in [-0.39, 0.29) is 17.8 Å². The lowest BCUT2D eigenvalue weighted by Crippen LogP contribution is -2.55. The van der Waals surface area contributed by atoms with Crippen LogP contribution in [-0.4, -0.2) is 36.0 Å². The summed E-state index contributed by atoms with van der Waals surface area (Å²) in [6.07, 6.45) is 1.32. The number of halogens is 3. The summed E-state index contributed by atoms with van der Waals surface area (Å²) < 4.78 is 13.1. The van der Waals surface area contributed by atoms with Gasteiger partial charge in [0.05, 0.1) is 10.0 Å². The summed E-state index contributed by atoms with van der Waals surface area (Å²) in [4.78, 5) is 28.9. The SMILES string of the molecule is CCN(Cc1ccc(F)cc1)C(=O)NC1CCCN(c2ccc(Cl)c(Cl)c2)C1=O. The highest BCUT2D eigenvalue weighted by Crippen LogP contribution is 2.29. The third kappa shape index (κ3) is 5.19. The monoisotopic (exact) mass is 437 g/mol. The number of carbonyl (C=O) groups is 2. The summed E-state index contributed by atoms with van der Waals surface area (Å²) in [7, 11) is 0. The normalized spacial score (nSPS) is 16.6. The molecule has 0 aromatic heterocycles. The van der Waals surface area contributed by atoms with Crippen LogP contribution in [0.5, 0.6) is 0 Å². The van der Waals surface area contributed by atoms with Gasteiger partial charge in [0.1, 0.15) is 11.9 Å². The van der Waals surface area contributed by atoms with E-state index >= 15 is 0 Å². The van der Waals surface area contributed by atoms with Crippen molar-refractivity contribution < 1.29 is 14.0 Å². The molecular formula is C21H22Cl2FN3O2. The first-order valence-corrected chi connectivity index (χ1v) is 10.2. The van der Waals surface area contributed by atoms with Crippen molar-refractivity contribution >= 4 is 40.8 Å². The fourth-order valence-electron chi connectivity index (χ4n) is 3.30. The largest absolute Gasteiger partial charge is 0.326 e. The summed E-state index contributed by atoms with van der Waals surface area (Å²) in [6, 6.07) is 10.1. The van der Waals surface area contributed by atoms with Crippen molar-refractivity contribution in [3.05, 3.63) is 63.9 Å². The van der Waals surface area contributed by atoms with Gasteiger partial charge in [0, 0.05) is 25.3 Å². The Labute approximate surface area is 179 Å². The van der Waals surface area contributed by atoms with Gasteiger partial charge in [0.2, 0.25) is 5.91 Å². The molecule has 1 N–H and O–H groups in total. The molecule has 8 heteroatoms. The predicted molar refractivity (Wildman–Crippen MR) is 113 cm³/mol. The molecule has 1 aliphatic rings. The molecule has 29 heavy (non-hydrogen) atoms. The average Bonchev–Trinajstić information content (AvgIpc) is 2.71. The molecule has 1 aliphatic heterocycles. The van der Waals surface area contributed by atoms with Gasteiger partial charge < -0.3 is 15.1 Å². The van der Waals surface area contributed by atoms with Gasteiger partial charge in [-0.2, -0.15) is 0 Å². The van der Waals surface area contributed by atoms with Gasteiger partial charge in [-0.05, 0) is 55.7 Å². The Balaban J connectivity index is 1.67. The smallest absolute Gasteiger partial charge is 0.318 e. The second kappa shape index (κ2) is 9.46. The molecule has 154 valence electrons. The third-order valence-corrected chi connectivity index (χ3v) is 5.65. The minimum atomic E-state index is -0.618. The van der Waals surface area contributed by atoms with Crippen LogP contribution >= 0.6 is 23.2 Å². The number of urea groups is 1. The number of benzene rings is 2. The molecule has 0 spiro atoms. The fourth-order valence-corrected chi connectivity index (χ4v) is 3.59. The molecule has 0 bridgehead atoms. The Kier molecular flexibility index (Phi) is 6.98. The summed E-state index contributed by atoms with van der Waals surface area (Å²) in [5.41, 5.74) is 1.47. The first-order chi connectivity index (χ1) is 13.9. The predicted octanol–water partition coefficient (Wildman–Crippen LogP) is 4.86. The van der Waals surface area contributed by atoms with Crippen molar-refractivity contribution in [2.24, 2.45) is 0 Å². The first kappa shape index (κ1) is 21.4. The lowest BCUT2D eigenvalue weighted by molar-refractivity contribution is -0.121. The van der Waals surface area contributed by atoms with Gasteiger partial charge in [-0.3, -0.25) is 4.79 Å². The summed E-state index contributed by atoms with van der Waals surface area (Å²) in [6.45, 7) is 3.20. The second-order valence-electron chi connectivity index (χ2n) is 6.87. The van der Waals surface area contributed by atoms with E-state index in [1.807, 2.05) is 6.92 Å². The van der Waals surface area contributed by atoms with E-state index in [1.165, 1.54) is 12.1 Å². The van der Waals surface area contributed by atoms with Crippen LogP contribution in [0.2, 0.25) is 10.0 Å². The van der Waals surface area contributed by atoms with Crippen LogP contribution in [0.25, 0.3) is 0 Å². The number of hydrogen-bond acceptors (Lipinski definition) is 2. The van der Waals surface area contributed by atoms with Crippen molar-refractivity contribution in [3.63, 3.8) is 0 Å². The van der Waals surface area contributed by atoms with Gasteiger partial charge in [0.15, 0.2) is 0 Å². The van der Waals surface area contributed by atoms with Crippen LogP contribution in [0.15, 0.2) is 42.5 Å². The molecule has 1 unspecified atom stereocenters. The van der Waals surface area contributed by atoms with E-state index in [0.29, 0.717) is 41.8 Å². The highest BCUT2D eigenvalue weighted by atomic mass is 35.5. The van der Waals surface area contributed by atoms with Gasteiger partial charge in [0.25, 0.3) is 0 Å². The van der Waals surface area contributed by atoms with Crippen LogP contribution in [0.3, 0.4) is 0 Å². The molecular weight excluding hydrogens is 416 g/mol. The van der Waals surface area contributed by atoms with Crippen molar-refractivity contribution in [3.8, 4) is 0 Å². The quantitative estimate of drug-likeness (QED) is 0.725. The highest BCUT2D eigenvalue weighted by molar-refractivity contribution is 6.42. The minimum absolute atomic E-state index is 0.180. The van der Waals surface area contributed by atoms with Crippen molar-refractivity contribution in [1.82, 2.24) is 10.2 Å². The Morgan fingerprint density at radius 1 is 1.21 bits per heavy atom. The molecule has 2 aromatic carbocycles. The highest BCUT2D eigenvalue weighted by Gasteiger charge is 2.32. The van der Waals surface area contributed by atoms with E-state index in [1.54, 1.807) is 40.1 Å². The van der Waals surface area contributed by atoms with Crippen LogP contribution in [0.1, 0.15) is 25.3 Å². The number of piperidine rings is 1. The second-order valence-corrected chi connectivity index (χ2v) is 7.69. The molecule has 1 atom stereocenters. The zero-order valence-corrected chi connectivity index (χ0v) is 17.5. The van der Waals surface area contributed by atoms with Crippen molar-refractivity contribution in [2.75, 3.05) is 18.0 Å². The van der Waals surface area contributed by atoms with Crippen molar-refractivity contribution in [1.29, 1.82) is 0 Å². The molecule has 1 heterocycles. The number of anilines is 1. The average molecular weight is 438 g/mol. The molecule has 0 radical (unpaired) electrons. The van der Waals surface area contributed by atoms with E-state index < -0.39 is 6.04 Å². The summed E-state index contributed by atoms with van der Waals surface area (Å²) >= 11 is 12.0. The van der Waals surface area contributed by atoms with Crippen LogP contribution < -0.4 is 10.2 Å². The molecule has 0 aliphatic carbocycles. The minimum Gasteiger partial charge on any atom is -0.326 e. The van der Waals surface area contributed by atoms with Gasteiger partial charge >= 0.3 is 6.03 Å². The number of rotatable bonds is 5. The van der Waals surface area contributed by atoms with Crippen LogP contribution in [0, 0.1) is 5.82 Å². The van der Waals surface area contributed by atoms with E-state index in [4.69, 9.17) is 23.2 Å². The Morgan fingerprint density at radius 2 is 1.93 bits per heavy atom. The summed E-state index contributed by atoms with van der Waals surface area (Å²) in [5, 5.41) is 3.63. The molecule has 5 nitrogen and oxygen atoms in total. The van der Waals surface area contributed by atoms with Gasteiger partial charge in [-0.15, -0.1) is 0 Å². The molecule has 3 rings (SSSR count).